The third-order valence-corrected chi connectivity index (χ3v) is 3.89. The van der Waals surface area contributed by atoms with E-state index in [0.29, 0.717) is 26.1 Å². The molecule has 0 aromatic heterocycles. The van der Waals surface area contributed by atoms with Crippen molar-refractivity contribution in [3.8, 4) is 0 Å². The zero-order valence-electron chi connectivity index (χ0n) is 15.2. The summed E-state index contributed by atoms with van der Waals surface area (Å²) >= 11 is 0. The number of carbonyl (C=O) groups excluding carboxylic acids is 1. The number of hydrogen-bond acceptors (Lipinski definition) is 5. The summed E-state index contributed by atoms with van der Waals surface area (Å²) in [6.07, 6.45) is 3.74. The van der Waals surface area contributed by atoms with Crippen LogP contribution in [0.4, 0.5) is 4.79 Å². The Bertz CT molecular complexity index is 412. The van der Waals surface area contributed by atoms with E-state index in [-0.39, 0.29) is 0 Å². The molecule has 1 saturated heterocycles. The summed E-state index contributed by atoms with van der Waals surface area (Å²) in [6, 6.07) is -0.932. The first-order valence-electron chi connectivity index (χ1n) is 8.68. The maximum Gasteiger partial charge on any atom is 0.408 e. The van der Waals surface area contributed by atoms with E-state index >= 15 is 0 Å². The number of alkyl carbamates (subject to hydrolysis) is 1. The number of unbranched alkanes of at least 4 members (excludes halogenated alkanes) is 2. The van der Waals surface area contributed by atoms with Crippen LogP contribution in [0.25, 0.3) is 0 Å². The molecule has 140 valence electrons. The van der Waals surface area contributed by atoms with Crippen molar-refractivity contribution in [2.24, 2.45) is 0 Å². The third kappa shape index (κ3) is 7.49. The van der Waals surface area contributed by atoms with Gasteiger partial charge in [-0.3, -0.25) is 0 Å². The van der Waals surface area contributed by atoms with Crippen molar-refractivity contribution in [2.45, 2.75) is 83.6 Å². The smallest absolute Gasteiger partial charge is 0.408 e. The minimum atomic E-state index is -1.05. The molecule has 0 aromatic rings. The van der Waals surface area contributed by atoms with E-state index in [9.17, 15) is 14.7 Å². The number of carboxylic acids is 1. The highest BCUT2D eigenvalue weighted by atomic mass is 16.7. The average Bonchev–Trinajstić information content (AvgIpc) is 2.93. The first-order chi connectivity index (χ1) is 11.2. The third-order valence-electron chi connectivity index (χ3n) is 3.89. The Morgan fingerprint density at radius 2 is 1.83 bits per heavy atom. The van der Waals surface area contributed by atoms with Crippen LogP contribution in [0.1, 0.15) is 66.2 Å². The van der Waals surface area contributed by atoms with Crippen molar-refractivity contribution in [1.82, 2.24) is 5.32 Å². The molecule has 2 N–H and O–H groups in total. The summed E-state index contributed by atoms with van der Waals surface area (Å²) in [4.78, 5) is 22.9. The number of ether oxygens (including phenoxy) is 3. The zero-order valence-corrected chi connectivity index (χ0v) is 15.2. The normalized spacial score (nSPS) is 18.2. The van der Waals surface area contributed by atoms with Gasteiger partial charge in [-0.15, -0.1) is 0 Å². The second-order valence-electron chi connectivity index (χ2n) is 7.10. The predicted molar refractivity (Wildman–Crippen MR) is 88.8 cm³/mol. The van der Waals surface area contributed by atoms with Crippen LogP contribution in [0.5, 0.6) is 0 Å². The van der Waals surface area contributed by atoms with Gasteiger partial charge in [-0.2, -0.15) is 0 Å². The number of rotatable bonds is 9. The van der Waals surface area contributed by atoms with Crippen LogP contribution in [-0.2, 0) is 19.0 Å². The highest BCUT2D eigenvalue weighted by Crippen LogP contribution is 2.29. The van der Waals surface area contributed by atoms with Crippen LogP contribution in [0, 0.1) is 0 Å². The fourth-order valence-electron chi connectivity index (χ4n) is 2.65. The second kappa shape index (κ2) is 9.22. The molecule has 1 fully saturated rings. The van der Waals surface area contributed by atoms with Gasteiger partial charge in [0, 0.05) is 6.42 Å². The first-order valence-corrected chi connectivity index (χ1v) is 8.68. The maximum atomic E-state index is 11.7. The van der Waals surface area contributed by atoms with E-state index in [4.69, 9.17) is 14.2 Å². The quantitative estimate of drug-likeness (QED) is 0.624. The minimum Gasteiger partial charge on any atom is -0.480 e. The van der Waals surface area contributed by atoms with E-state index in [1.165, 1.54) is 0 Å². The van der Waals surface area contributed by atoms with Gasteiger partial charge in [-0.25, -0.2) is 9.59 Å². The van der Waals surface area contributed by atoms with E-state index in [0.717, 1.165) is 25.7 Å². The highest BCUT2D eigenvalue weighted by Gasteiger charge is 2.33. The molecule has 1 unspecified atom stereocenters. The molecule has 0 spiro atoms. The molecule has 24 heavy (non-hydrogen) atoms. The lowest BCUT2D eigenvalue weighted by Crippen LogP contribution is -2.43. The lowest BCUT2D eigenvalue weighted by Gasteiger charge is -2.25. The molecule has 1 amide bonds. The number of amides is 1. The molecule has 0 bridgehead atoms. The summed E-state index contributed by atoms with van der Waals surface area (Å²) in [5, 5.41) is 11.6. The second-order valence-corrected chi connectivity index (χ2v) is 7.10. The topological polar surface area (TPSA) is 94.1 Å². The summed E-state index contributed by atoms with van der Waals surface area (Å²) < 4.78 is 16.4. The highest BCUT2D eigenvalue weighted by molar-refractivity contribution is 5.79. The Hall–Kier alpha value is -1.34. The molecule has 1 aliphatic rings. The van der Waals surface area contributed by atoms with Gasteiger partial charge < -0.3 is 24.6 Å². The molecule has 1 aliphatic heterocycles. The van der Waals surface area contributed by atoms with Gasteiger partial charge in [0.2, 0.25) is 0 Å². The Balaban J connectivity index is 2.29. The standard InChI is InChI=1S/C17H31NO6/c1-5-17(22-11-12-23-17)10-8-6-7-9-13(14(19)20)18-15(21)24-16(2,3)4/h13H,5-12H2,1-4H3,(H,18,21)(H,19,20). The molecule has 1 rings (SSSR count). The van der Waals surface area contributed by atoms with Gasteiger partial charge in [0.1, 0.15) is 11.6 Å². The largest absolute Gasteiger partial charge is 0.480 e. The van der Waals surface area contributed by atoms with E-state index in [1.54, 1.807) is 20.8 Å². The summed E-state index contributed by atoms with van der Waals surface area (Å²) in [7, 11) is 0. The first kappa shape index (κ1) is 20.7. The van der Waals surface area contributed by atoms with Crippen molar-refractivity contribution in [3.05, 3.63) is 0 Å². The fraction of sp³-hybridized carbons (Fsp3) is 0.882. The number of carbonyl (C=O) groups is 2. The van der Waals surface area contributed by atoms with E-state index in [1.807, 2.05) is 6.92 Å². The number of hydrogen-bond donors (Lipinski definition) is 2. The van der Waals surface area contributed by atoms with Crippen molar-refractivity contribution in [1.29, 1.82) is 0 Å². The van der Waals surface area contributed by atoms with Crippen LogP contribution in [0.15, 0.2) is 0 Å². The minimum absolute atomic E-state index is 0.370. The molecule has 7 heteroatoms. The van der Waals surface area contributed by atoms with Crippen LogP contribution in [0.2, 0.25) is 0 Å². The SMILES string of the molecule is CCC1(CCCCCC(NC(=O)OC(C)(C)C)C(=O)O)OCCO1. The van der Waals surface area contributed by atoms with Crippen LogP contribution in [0.3, 0.4) is 0 Å². The molecule has 0 radical (unpaired) electrons. The maximum absolute atomic E-state index is 11.7. The van der Waals surface area contributed by atoms with Gasteiger partial charge in [0.25, 0.3) is 0 Å². The summed E-state index contributed by atoms with van der Waals surface area (Å²) in [5.41, 5.74) is -0.650. The van der Waals surface area contributed by atoms with Crippen molar-refractivity contribution >= 4 is 12.1 Å². The average molecular weight is 345 g/mol. The molecular weight excluding hydrogens is 314 g/mol. The summed E-state index contributed by atoms with van der Waals surface area (Å²) in [6.45, 7) is 8.51. The van der Waals surface area contributed by atoms with Gasteiger partial charge in [0.15, 0.2) is 5.79 Å². The number of aliphatic carboxylic acids is 1. The Kier molecular flexibility index (Phi) is 7.96. The molecule has 0 saturated carbocycles. The predicted octanol–water partition coefficient (Wildman–Crippen LogP) is 3.07. The fourth-order valence-corrected chi connectivity index (χ4v) is 2.65. The molecule has 7 nitrogen and oxygen atoms in total. The lowest BCUT2D eigenvalue weighted by atomic mass is 10.0. The van der Waals surface area contributed by atoms with Crippen LogP contribution < -0.4 is 5.32 Å². The Morgan fingerprint density at radius 3 is 2.33 bits per heavy atom. The zero-order chi connectivity index (χ0) is 18.2. The van der Waals surface area contributed by atoms with Crippen molar-refractivity contribution in [3.63, 3.8) is 0 Å². The van der Waals surface area contributed by atoms with Gasteiger partial charge >= 0.3 is 12.1 Å². The number of nitrogens with one attached hydrogen (secondary N) is 1. The molecule has 1 atom stereocenters. The van der Waals surface area contributed by atoms with Crippen LogP contribution >= 0.6 is 0 Å². The van der Waals surface area contributed by atoms with Gasteiger partial charge in [0.05, 0.1) is 13.2 Å². The molecular formula is C17H31NO6. The van der Waals surface area contributed by atoms with Crippen molar-refractivity contribution in [2.75, 3.05) is 13.2 Å². The molecule has 1 heterocycles. The Labute approximate surface area is 144 Å². The molecule has 0 aliphatic carbocycles. The van der Waals surface area contributed by atoms with Gasteiger partial charge in [-0.1, -0.05) is 19.8 Å². The van der Waals surface area contributed by atoms with Crippen LogP contribution in [-0.4, -0.2) is 47.8 Å². The van der Waals surface area contributed by atoms with E-state index in [2.05, 4.69) is 5.32 Å². The van der Waals surface area contributed by atoms with Gasteiger partial charge in [-0.05, 0) is 40.0 Å². The lowest BCUT2D eigenvalue weighted by molar-refractivity contribution is -0.164. The summed E-state index contributed by atoms with van der Waals surface area (Å²) in [5.74, 6) is -1.51. The van der Waals surface area contributed by atoms with E-state index < -0.39 is 29.5 Å². The van der Waals surface area contributed by atoms with Crippen molar-refractivity contribution < 1.29 is 28.9 Å². The monoisotopic (exact) mass is 345 g/mol. The number of carboxylic acid groups (broad SMARTS) is 1. The molecule has 0 aromatic carbocycles. The Morgan fingerprint density at radius 1 is 1.21 bits per heavy atom.